The van der Waals surface area contributed by atoms with Gasteiger partial charge in [0.05, 0.1) is 23.4 Å². The van der Waals surface area contributed by atoms with Crippen molar-refractivity contribution < 1.29 is 14.3 Å². The second kappa shape index (κ2) is 8.35. The van der Waals surface area contributed by atoms with Crippen molar-refractivity contribution in [3.05, 3.63) is 59.2 Å². The van der Waals surface area contributed by atoms with Gasteiger partial charge >= 0.3 is 0 Å². The zero-order chi connectivity index (χ0) is 21.4. The Morgan fingerprint density at radius 2 is 1.94 bits per heavy atom. The second-order valence-electron chi connectivity index (χ2n) is 8.78. The summed E-state index contributed by atoms with van der Waals surface area (Å²) in [4.78, 5) is 30.8. The predicted octanol–water partition coefficient (Wildman–Crippen LogP) is 3.78. The average Bonchev–Trinajstić information content (AvgIpc) is 3.11. The van der Waals surface area contributed by atoms with Crippen LogP contribution < -0.4 is 10.1 Å². The van der Waals surface area contributed by atoms with E-state index in [0.717, 1.165) is 31.1 Å². The highest BCUT2D eigenvalue weighted by Crippen LogP contribution is 2.35. The standard InChI is InChI=1S/C25H29N3O3/c1-2-31-22-9-4-3-7-20(22)24(29)26-21-8-5-6-18-15-28(25(30)23(18)21)16-19-14-17-10-12-27(19)13-11-17/h3-9,17,19H,2,10-16H2,1H3,(H,26,29). The van der Waals surface area contributed by atoms with Crippen LogP contribution in [0.3, 0.4) is 0 Å². The maximum atomic E-state index is 13.3. The van der Waals surface area contributed by atoms with Gasteiger partial charge in [-0.15, -0.1) is 0 Å². The summed E-state index contributed by atoms with van der Waals surface area (Å²) in [5, 5.41) is 2.96. The Bertz CT molecular complexity index is 997. The third-order valence-corrected chi connectivity index (χ3v) is 6.89. The summed E-state index contributed by atoms with van der Waals surface area (Å²) in [6.45, 7) is 6.07. The van der Waals surface area contributed by atoms with E-state index in [1.54, 1.807) is 12.1 Å². The summed E-state index contributed by atoms with van der Waals surface area (Å²) >= 11 is 0. The van der Waals surface area contributed by atoms with E-state index in [0.29, 0.717) is 41.8 Å². The Morgan fingerprint density at radius 1 is 1.13 bits per heavy atom. The van der Waals surface area contributed by atoms with Crippen LogP contribution >= 0.6 is 0 Å². The van der Waals surface area contributed by atoms with E-state index < -0.39 is 0 Å². The molecule has 162 valence electrons. The Kier molecular flexibility index (Phi) is 5.40. The van der Waals surface area contributed by atoms with E-state index in [1.807, 2.05) is 42.2 Å². The molecule has 31 heavy (non-hydrogen) atoms. The molecular weight excluding hydrogens is 390 g/mol. The molecule has 0 radical (unpaired) electrons. The number of para-hydroxylation sites is 1. The Morgan fingerprint density at radius 3 is 2.68 bits per heavy atom. The lowest BCUT2D eigenvalue weighted by atomic mass is 9.83. The summed E-state index contributed by atoms with van der Waals surface area (Å²) in [5.41, 5.74) is 2.65. The maximum absolute atomic E-state index is 13.3. The molecule has 0 aliphatic carbocycles. The Balaban J connectivity index is 1.34. The number of carbonyl (C=O) groups excluding carboxylic acids is 2. The molecule has 0 saturated carbocycles. The monoisotopic (exact) mass is 419 g/mol. The van der Waals surface area contributed by atoms with Gasteiger partial charge in [0.2, 0.25) is 0 Å². The fourth-order valence-corrected chi connectivity index (χ4v) is 5.33. The number of amides is 2. The van der Waals surface area contributed by atoms with Crippen molar-refractivity contribution in [2.45, 2.75) is 38.8 Å². The van der Waals surface area contributed by atoms with Crippen molar-refractivity contribution in [3.63, 3.8) is 0 Å². The average molecular weight is 420 g/mol. The smallest absolute Gasteiger partial charge is 0.259 e. The van der Waals surface area contributed by atoms with Gasteiger partial charge < -0.3 is 15.0 Å². The van der Waals surface area contributed by atoms with Crippen molar-refractivity contribution in [1.29, 1.82) is 0 Å². The zero-order valence-corrected chi connectivity index (χ0v) is 18.0. The minimum Gasteiger partial charge on any atom is -0.493 e. The molecule has 2 aromatic rings. The number of hydrogen-bond donors (Lipinski definition) is 1. The van der Waals surface area contributed by atoms with Gasteiger partial charge in [-0.25, -0.2) is 0 Å². The fourth-order valence-electron chi connectivity index (χ4n) is 5.33. The number of piperidine rings is 3. The van der Waals surface area contributed by atoms with Crippen LogP contribution in [0.1, 0.15) is 52.5 Å². The molecule has 1 N–H and O–H groups in total. The molecule has 6 nitrogen and oxygen atoms in total. The highest BCUT2D eigenvalue weighted by molar-refractivity contribution is 6.11. The number of anilines is 1. The summed E-state index contributed by atoms with van der Waals surface area (Å²) in [5.74, 6) is 1.12. The number of rotatable bonds is 6. The van der Waals surface area contributed by atoms with Crippen LogP contribution in [0.15, 0.2) is 42.5 Å². The molecule has 6 rings (SSSR count). The molecule has 0 spiro atoms. The molecule has 4 aliphatic rings. The van der Waals surface area contributed by atoms with Gasteiger partial charge in [-0.05, 0) is 69.0 Å². The normalized spacial score (nSPS) is 24.2. The molecule has 3 fully saturated rings. The van der Waals surface area contributed by atoms with Gasteiger partial charge in [0.25, 0.3) is 11.8 Å². The van der Waals surface area contributed by atoms with Gasteiger partial charge in [-0.3, -0.25) is 14.5 Å². The first-order valence-electron chi connectivity index (χ1n) is 11.3. The van der Waals surface area contributed by atoms with Crippen LogP contribution in [0.4, 0.5) is 5.69 Å². The minimum atomic E-state index is -0.264. The van der Waals surface area contributed by atoms with Gasteiger partial charge in [-0.1, -0.05) is 24.3 Å². The number of nitrogens with one attached hydrogen (secondary N) is 1. The van der Waals surface area contributed by atoms with Gasteiger partial charge in [0.1, 0.15) is 5.75 Å². The van der Waals surface area contributed by atoms with Gasteiger partial charge in [0, 0.05) is 19.1 Å². The lowest BCUT2D eigenvalue weighted by Gasteiger charge is -2.46. The van der Waals surface area contributed by atoms with Crippen molar-refractivity contribution >= 4 is 17.5 Å². The number of ether oxygens (including phenoxy) is 1. The van der Waals surface area contributed by atoms with E-state index in [4.69, 9.17) is 4.74 Å². The molecule has 2 amide bonds. The summed E-state index contributed by atoms with van der Waals surface area (Å²) in [6, 6.07) is 13.4. The van der Waals surface area contributed by atoms with Crippen LogP contribution in [0, 0.1) is 5.92 Å². The molecule has 4 aliphatic heterocycles. The fraction of sp³-hybridized carbons (Fsp3) is 0.440. The largest absolute Gasteiger partial charge is 0.493 e. The molecular formula is C25H29N3O3. The van der Waals surface area contributed by atoms with E-state index in [1.165, 1.54) is 19.3 Å². The third-order valence-electron chi connectivity index (χ3n) is 6.89. The van der Waals surface area contributed by atoms with Crippen LogP contribution in [0.25, 0.3) is 0 Å². The first kappa shape index (κ1) is 20.1. The highest BCUT2D eigenvalue weighted by Gasteiger charge is 2.38. The number of benzene rings is 2. The number of nitrogens with zero attached hydrogens (tertiary/aromatic N) is 2. The maximum Gasteiger partial charge on any atom is 0.259 e. The minimum absolute atomic E-state index is 0.0200. The molecule has 6 heteroatoms. The van der Waals surface area contributed by atoms with E-state index in [-0.39, 0.29) is 11.8 Å². The SMILES string of the molecule is CCOc1ccccc1C(=O)Nc1cccc2c1C(=O)N(CC1CC3CCN1CC3)C2. The quantitative estimate of drug-likeness (QED) is 0.774. The molecule has 2 bridgehead atoms. The lowest BCUT2D eigenvalue weighted by Crippen LogP contribution is -2.53. The molecule has 2 aromatic carbocycles. The van der Waals surface area contributed by atoms with Crippen LogP contribution in [0.2, 0.25) is 0 Å². The highest BCUT2D eigenvalue weighted by atomic mass is 16.5. The Hall–Kier alpha value is -2.86. The lowest BCUT2D eigenvalue weighted by molar-refractivity contribution is 0.0268. The number of hydrogen-bond acceptors (Lipinski definition) is 4. The first-order valence-corrected chi connectivity index (χ1v) is 11.3. The summed E-state index contributed by atoms with van der Waals surface area (Å²) in [7, 11) is 0. The summed E-state index contributed by atoms with van der Waals surface area (Å²) in [6.07, 6.45) is 3.78. The van der Waals surface area contributed by atoms with Gasteiger partial charge in [0.15, 0.2) is 0 Å². The van der Waals surface area contributed by atoms with E-state index in [9.17, 15) is 9.59 Å². The second-order valence-corrected chi connectivity index (χ2v) is 8.78. The molecule has 3 saturated heterocycles. The number of carbonyl (C=O) groups is 2. The van der Waals surface area contributed by atoms with Gasteiger partial charge in [-0.2, -0.15) is 0 Å². The van der Waals surface area contributed by atoms with E-state index >= 15 is 0 Å². The predicted molar refractivity (Wildman–Crippen MR) is 119 cm³/mol. The number of fused-ring (bicyclic) bond motifs is 4. The van der Waals surface area contributed by atoms with Crippen LogP contribution in [0.5, 0.6) is 5.75 Å². The Labute approximate surface area is 183 Å². The third kappa shape index (κ3) is 3.81. The molecule has 1 unspecified atom stereocenters. The van der Waals surface area contributed by atoms with E-state index in [2.05, 4.69) is 10.2 Å². The first-order chi connectivity index (χ1) is 15.1. The topological polar surface area (TPSA) is 61.9 Å². The molecule has 0 aromatic heterocycles. The molecule has 1 atom stereocenters. The van der Waals surface area contributed by atoms with Crippen molar-refractivity contribution in [3.8, 4) is 5.75 Å². The van der Waals surface area contributed by atoms with Crippen molar-refractivity contribution in [2.24, 2.45) is 5.92 Å². The van der Waals surface area contributed by atoms with Crippen LogP contribution in [-0.2, 0) is 6.54 Å². The summed E-state index contributed by atoms with van der Waals surface area (Å²) < 4.78 is 5.59. The van der Waals surface area contributed by atoms with Crippen molar-refractivity contribution in [1.82, 2.24) is 9.80 Å². The zero-order valence-electron chi connectivity index (χ0n) is 18.0. The molecule has 4 heterocycles. The van der Waals surface area contributed by atoms with Crippen LogP contribution in [-0.4, -0.2) is 53.9 Å². The van der Waals surface area contributed by atoms with Crippen molar-refractivity contribution in [2.75, 3.05) is 31.6 Å².